The van der Waals surface area contributed by atoms with Gasteiger partial charge in [-0.3, -0.25) is 4.79 Å². The van der Waals surface area contributed by atoms with Crippen LogP contribution in [-0.4, -0.2) is 59.1 Å². The third kappa shape index (κ3) is 4.23. The molecule has 1 aromatic carbocycles. The summed E-state index contributed by atoms with van der Waals surface area (Å²) in [5.74, 6) is -0.545. The molecule has 0 spiro atoms. The molecule has 0 aromatic heterocycles. The Morgan fingerprint density at radius 1 is 1.23 bits per heavy atom. The fourth-order valence-electron chi connectivity index (χ4n) is 2.82. The van der Waals surface area contributed by atoms with Crippen molar-refractivity contribution in [3.63, 3.8) is 0 Å². The summed E-state index contributed by atoms with van der Waals surface area (Å²) in [6, 6.07) is 9.30. The molecule has 0 saturated heterocycles. The van der Waals surface area contributed by atoms with Crippen LogP contribution in [0.3, 0.4) is 0 Å². The van der Waals surface area contributed by atoms with Crippen LogP contribution in [0.1, 0.15) is 27.2 Å². The minimum Gasteiger partial charge on any atom is -0.411 e. The summed E-state index contributed by atoms with van der Waals surface area (Å²) >= 11 is 1.23. The van der Waals surface area contributed by atoms with Crippen molar-refractivity contribution >= 4 is 25.9 Å². The Morgan fingerprint density at radius 2 is 1.81 bits per heavy atom. The van der Waals surface area contributed by atoms with Gasteiger partial charge in [-0.25, -0.2) is 0 Å². The Labute approximate surface area is 160 Å². The molecule has 146 valence electrons. The summed E-state index contributed by atoms with van der Waals surface area (Å²) in [6.07, 6.45) is -3.39. The topological polar surface area (TPSA) is 87.0 Å². The zero-order chi connectivity index (χ0) is 19.8. The minimum atomic E-state index is -2.23. The Bertz CT molecular complexity index is 631. The van der Waals surface area contributed by atoms with Gasteiger partial charge in [0.15, 0.2) is 14.1 Å². The lowest BCUT2D eigenvalue weighted by molar-refractivity contribution is -0.151. The van der Waals surface area contributed by atoms with E-state index in [4.69, 9.17) is 4.43 Å². The van der Waals surface area contributed by atoms with Gasteiger partial charge in [-0.2, -0.15) is 0 Å². The van der Waals surface area contributed by atoms with E-state index in [1.54, 1.807) is 0 Å². The number of Topliss-reactive ketones (excluding diaryl/α,β-unsaturated/α-hetero) is 1. The molecule has 26 heavy (non-hydrogen) atoms. The van der Waals surface area contributed by atoms with Gasteiger partial charge in [-0.05, 0) is 36.7 Å². The number of carbonyl (C=O) groups excluding carboxylic acids is 1. The second-order valence-corrected chi connectivity index (χ2v) is 14.7. The van der Waals surface area contributed by atoms with E-state index in [9.17, 15) is 20.1 Å². The number of hydrogen-bond donors (Lipinski definition) is 3. The second-order valence-electron chi connectivity index (χ2n) is 8.49. The molecule has 5 nitrogen and oxygen atoms in total. The largest absolute Gasteiger partial charge is 0.411 e. The second kappa shape index (κ2) is 7.73. The van der Waals surface area contributed by atoms with Crippen LogP contribution in [0.4, 0.5) is 0 Å². The molecular weight excluding hydrogens is 368 g/mol. The molecule has 3 N–H and O–H groups in total. The van der Waals surface area contributed by atoms with Gasteiger partial charge in [-0.15, -0.1) is 11.8 Å². The molecule has 0 heterocycles. The SMILES string of the molecule is CC(C)(C)[Si](C)(C)O[C@H]1C[C@](CO)(Sc2ccccc2)C(=O)[C@@H](O)[C@H]1O. The van der Waals surface area contributed by atoms with E-state index in [0.29, 0.717) is 0 Å². The van der Waals surface area contributed by atoms with E-state index < -0.39 is 43.8 Å². The molecule has 0 bridgehead atoms. The van der Waals surface area contributed by atoms with Crippen molar-refractivity contribution in [3.05, 3.63) is 30.3 Å². The fourth-order valence-corrected chi connectivity index (χ4v) is 5.43. The molecule has 0 aliphatic heterocycles. The molecule has 1 fully saturated rings. The highest BCUT2D eigenvalue weighted by Gasteiger charge is 2.55. The molecule has 1 saturated carbocycles. The van der Waals surface area contributed by atoms with Crippen LogP contribution in [0.25, 0.3) is 0 Å². The number of rotatable bonds is 5. The van der Waals surface area contributed by atoms with Crippen LogP contribution < -0.4 is 0 Å². The Balaban J connectivity index is 2.33. The van der Waals surface area contributed by atoms with Crippen molar-refractivity contribution in [3.8, 4) is 0 Å². The van der Waals surface area contributed by atoms with Crippen LogP contribution in [0.15, 0.2) is 35.2 Å². The van der Waals surface area contributed by atoms with Crippen LogP contribution in [-0.2, 0) is 9.22 Å². The number of benzene rings is 1. The first-order chi connectivity index (χ1) is 11.9. The summed E-state index contributed by atoms with van der Waals surface area (Å²) in [7, 11) is -2.23. The predicted molar refractivity (Wildman–Crippen MR) is 106 cm³/mol. The molecule has 7 heteroatoms. The highest BCUT2D eigenvalue weighted by Crippen LogP contribution is 2.45. The molecular formula is C19H30O5SSi. The maximum Gasteiger partial charge on any atom is 0.192 e. The lowest BCUT2D eigenvalue weighted by Crippen LogP contribution is -2.62. The van der Waals surface area contributed by atoms with Crippen LogP contribution in [0.5, 0.6) is 0 Å². The Morgan fingerprint density at radius 3 is 2.31 bits per heavy atom. The molecule has 0 unspecified atom stereocenters. The standard InChI is InChI=1S/C19H30O5SSi/c1-18(2,3)26(4,5)24-14-11-19(12-20,17(23)16(22)15(14)21)25-13-9-7-6-8-10-13/h6-10,14-16,20-22H,11-12H2,1-5H3/t14-,15-,16-,19+/m0/s1. The first-order valence-corrected chi connectivity index (χ1v) is 12.6. The summed E-state index contributed by atoms with van der Waals surface area (Å²) < 4.78 is 5.09. The zero-order valence-corrected chi connectivity index (χ0v) is 17.9. The fraction of sp³-hybridized carbons (Fsp3) is 0.632. The third-order valence-electron chi connectivity index (χ3n) is 5.52. The van der Waals surface area contributed by atoms with Crippen LogP contribution in [0.2, 0.25) is 18.1 Å². The van der Waals surface area contributed by atoms with Crippen molar-refractivity contribution in [1.82, 2.24) is 0 Å². The van der Waals surface area contributed by atoms with Gasteiger partial charge < -0.3 is 19.7 Å². The summed E-state index contributed by atoms with van der Waals surface area (Å²) in [5.41, 5.74) is 0. The molecule has 2 rings (SSSR count). The van der Waals surface area contributed by atoms with Gasteiger partial charge in [0.2, 0.25) is 0 Å². The lowest BCUT2D eigenvalue weighted by atomic mass is 9.82. The van der Waals surface area contributed by atoms with E-state index >= 15 is 0 Å². The van der Waals surface area contributed by atoms with Gasteiger partial charge in [0.05, 0.1) is 12.7 Å². The maximum absolute atomic E-state index is 12.8. The van der Waals surface area contributed by atoms with Crippen LogP contribution >= 0.6 is 11.8 Å². The maximum atomic E-state index is 12.8. The van der Waals surface area contributed by atoms with Crippen molar-refractivity contribution < 1.29 is 24.5 Å². The third-order valence-corrected chi connectivity index (χ3v) is 11.4. The van der Waals surface area contributed by atoms with Crippen molar-refractivity contribution in [2.45, 2.75) is 73.3 Å². The molecule has 1 aliphatic carbocycles. The number of aliphatic hydroxyl groups is 3. The molecule has 0 radical (unpaired) electrons. The summed E-state index contributed by atoms with van der Waals surface area (Å²) in [5, 5.41) is 30.8. The highest BCUT2D eigenvalue weighted by atomic mass is 32.2. The minimum absolute atomic E-state index is 0.0758. The van der Waals surface area contributed by atoms with Crippen molar-refractivity contribution in [2.75, 3.05) is 6.61 Å². The number of carbonyl (C=O) groups is 1. The number of thioether (sulfide) groups is 1. The highest BCUT2D eigenvalue weighted by molar-refractivity contribution is 8.01. The van der Waals surface area contributed by atoms with Gasteiger partial charge in [0.25, 0.3) is 0 Å². The molecule has 1 aromatic rings. The van der Waals surface area contributed by atoms with Crippen molar-refractivity contribution in [1.29, 1.82) is 0 Å². The molecule has 0 amide bonds. The molecule has 4 atom stereocenters. The smallest absolute Gasteiger partial charge is 0.192 e. The Hall–Kier alpha value is -0.703. The zero-order valence-electron chi connectivity index (χ0n) is 16.1. The van der Waals surface area contributed by atoms with E-state index in [2.05, 4.69) is 33.9 Å². The van der Waals surface area contributed by atoms with E-state index in [1.807, 2.05) is 30.3 Å². The number of ketones is 1. The number of hydrogen-bond acceptors (Lipinski definition) is 6. The first-order valence-electron chi connectivity index (χ1n) is 8.87. The average molecular weight is 399 g/mol. The molecule has 1 aliphatic rings. The van der Waals surface area contributed by atoms with Crippen molar-refractivity contribution in [2.24, 2.45) is 0 Å². The quantitative estimate of drug-likeness (QED) is 0.661. The Kier molecular flexibility index (Phi) is 6.42. The normalized spacial score (nSPS) is 30.5. The summed E-state index contributed by atoms with van der Waals surface area (Å²) in [4.78, 5) is 13.6. The van der Waals surface area contributed by atoms with E-state index in [0.717, 1.165) is 4.90 Å². The number of aliphatic hydroxyl groups excluding tert-OH is 3. The van der Waals surface area contributed by atoms with Gasteiger partial charge in [-0.1, -0.05) is 39.0 Å². The van der Waals surface area contributed by atoms with Crippen LogP contribution in [0, 0.1) is 0 Å². The first kappa shape index (κ1) is 21.6. The van der Waals surface area contributed by atoms with E-state index in [-0.39, 0.29) is 11.5 Å². The van der Waals surface area contributed by atoms with Gasteiger partial charge in [0.1, 0.15) is 17.0 Å². The van der Waals surface area contributed by atoms with Gasteiger partial charge >= 0.3 is 0 Å². The predicted octanol–water partition coefficient (Wildman–Crippen LogP) is 2.59. The average Bonchev–Trinajstić information content (AvgIpc) is 2.57. The summed E-state index contributed by atoms with van der Waals surface area (Å²) in [6.45, 7) is 9.98. The monoisotopic (exact) mass is 398 g/mol. The van der Waals surface area contributed by atoms with Gasteiger partial charge in [0, 0.05) is 4.90 Å². The lowest BCUT2D eigenvalue weighted by Gasteiger charge is -2.47. The van der Waals surface area contributed by atoms with E-state index in [1.165, 1.54) is 11.8 Å².